The Morgan fingerprint density at radius 1 is 1.24 bits per heavy atom. The number of hydrogen-bond acceptors (Lipinski definition) is 2. The highest BCUT2D eigenvalue weighted by molar-refractivity contribution is 14.1. The van der Waals surface area contributed by atoms with Gasteiger partial charge in [-0.15, -0.1) is 0 Å². The third kappa shape index (κ3) is 1.74. The lowest BCUT2D eigenvalue weighted by Crippen LogP contribution is -2.00. The van der Waals surface area contributed by atoms with Gasteiger partial charge in [-0.25, -0.2) is 9.67 Å². The molecule has 0 fully saturated rings. The number of halogens is 1. The molecule has 86 valence electrons. The molecule has 0 unspecified atom stereocenters. The molecule has 0 radical (unpaired) electrons. The number of aromatic nitrogens is 4. The lowest BCUT2D eigenvalue weighted by molar-refractivity contribution is 0.831. The zero-order valence-corrected chi connectivity index (χ0v) is 11.7. The molecule has 0 aliphatic heterocycles. The van der Waals surface area contributed by atoms with Gasteiger partial charge in [0.05, 0.1) is 17.6 Å². The highest BCUT2D eigenvalue weighted by atomic mass is 127. The molecule has 3 rings (SSSR count). The van der Waals surface area contributed by atoms with Crippen LogP contribution in [0.3, 0.4) is 0 Å². The first-order valence-corrected chi connectivity index (χ1v) is 6.39. The number of fused-ring (bicyclic) bond motifs is 1. The van der Waals surface area contributed by atoms with Crippen molar-refractivity contribution < 1.29 is 0 Å². The smallest absolute Gasteiger partial charge is 0.139 e. The van der Waals surface area contributed by atoms with E-state index < -0.39 is 0 Å². The third-order valence-corrected chi connectivity index (χ3v) is 3.50. The van der Waals surface area contributed by atoms with Gasteiger partial charge in [0.15, 0.2) is 0 Å². The molecule has 3 aromatic rings. The average molecular weight is 338 g/mol. The van der Waals surface area contributed by atoms with Crippen LogP contribution in [0.5, 0.6) is 0 Å². The van der Waals surface area contributed by atoms with Crippen molar-refractivity contribution in [2.24, 2.45) is 0 Å². The summed E-state index contributed by atoms with van der Waals surface area (Å²) >= 11 is 2.27. The van der Waals surface area contributed by atoms with Crippen molar-refractivity contribution in [3.8, 4) is 5.69 Å². The Kier molecular flexibility index (Phi) is 2.43. The second kappa shape index (κ2) is 3.83. The van der Waals surface area contributed by atoms with Gasteiger partial charge in [-0.1, -0.05) is 0 Å². The van der Waals surface area contributed by atoms with Crippen molar-refractivity contribution in [3.05, 3.63) is 45.7 Å². The zero-order chi connectivity index (χ0) is 12.0. The van der Waals surface area contributed by atoms with Crippen LogP contribution in [0.1, 0.15) is 11.4 Å². The predicted molar refractivity (Wildman–Crippen MR) is 74.5 cm³/mol. The Hall–Kier alpha value is -1.37. The summed E-state index contributed by atoms with van der Waals surface area (Å²) in [6, 6.07) is 6.16. The maximum atomic E-state index is 4.47. The van der Waals surface area contributed by atoms with Crippen molar-refractivity contribution in [2.75, 3.05) is 0 Å². The molecular formula is C12H11IN4. The fourth-order valence-electron chi connectivity index (χ4n) is 1.96. The van der Waals surface area contributed by atoms with E-state index in [2.05, 4.69) is 56.1 Å². The molecule has 5 heteroatoms. The number of pyridine rings is 1. The molecule has 3 heterocycles. The molecule has 0 atom stereocenters. The van der Waals surface area contributed by atoms with Gasteiger partial charge in [0.2, 0.25) is 0 Å². The van der Waals surface area contributed by atoms with Gasteiger partial charge < -0.3 is 0 Å². The van der Waals surface area contributed by atoms with Crippen LogP contribution in [-0.4, -0.2) is 19.2 Å². The summed E-state index contributed by atoms with van der Waals surface area (Å²) in [5.41, 5.74) is 4.15. The minimum atomic E-state index is 0.944. The van der Waals surface area contributed by atoms with Gasteiger partial charge in [-0.3, -0.25) is 4.40 Å². The normalized spacial score (nSPS) is 11.2. The van der Waals surface area contributed by atoms with Crippen molar-refractivity contribution in [2.45, 2.75) is 13.8 Å². The summed E-state index contributed by atoms with van der Waals surface area (Å²) < 4.78 is 5.10. The van der Waals surface area contributed by atoms with Crippen LogP contribution in [0.4, 0.5) is 0 Å². The Morgan fingerprint density at radius 3 is 2.76 bits per heavy atom. The molecule has 0 aromatic carbocycles. The van der Waals surface area contributed by atoms with Gasteiger partial charge in [-0.2, -0.15) is 5.10 Å². The van der Waals surface area contributed by atoms with Crippen LogP contribution in [0.2, 0.25) is 0 Å². The summed E-state index contributed by atoms with van der Waals surface area (Å²) in [5, 5.41) is 4.47. The molecule has 0 aliphatic carbocycles. The van der Waals surface area contributed by atoms with E-state index in [1.54, 1.807) is 0 Å². The first-order valence-electron chi connectivity index (χ1n) is 5.31. The topological polar surface area (TPSA) is 35.1 Å². The zero-order valence-electron chi connectivity index (χ0n) is 9.55. The van der Waals surface area contributed by atoms with Gasteiger partial charge in [0.1, 0.15) is 9.35 Å². The molecule has 0 aliphatic rings. The first kappa shape index (κ1) is 10.8. The minimum Gasteiger partial charge on any atom is -0.295 e. The predicted octanol–water partition coefficient (Wildman–Crippen LogP) is 2.74. The van der Waals surface area contributed by atoms with Crippen LogP contribution in [-0.2, 0) is 0 Å². The van der Waals surface area contributed by atoms with E-state index in [9.17, 15) is 0 Å². The van der Waals surface area contributed by atoms with E-state index in [0.717, 1.165) is 26.4 Å². The van der Waals surface area contributed by atoms with Gasteiger partial charge in [0.25, 0.3) is 0 Å². The van der Waals surface area contributed by atoms with Crippen LogP contribution in [0.15, 0.2) is 30.6 Å². The van der Waals surface area contributed by atoms with E-state index in [4.69, 9.17) is 0 Å². The molecule has 3 aromatic heterocycles. The number of nitrogens with zero attached hydrogens (tertiary/aromatic N) is 4. The SMILES string of the molecule is Cc1cc(C)n(-c2ccn3c(I)cnc3c2)n1. The molecule has 0 bridgehead atoms. The van der Waals surface area contributed by atoms with Crippen LogP contribution < -0.4 is 0 Å². The Balaban J connectivity index is 2.21. The summed E-state index contributed by atoms with van der Waals surface area (Å²) in [6.45, 7) is 4.06. The largest absolute Gasteiger partial charge is 0.295 e. The number of aryl methyl sites for hydroxylation is 2. The summed E-state index contributed by atoms with van der Waals surface area (Å²) in [5.74, 6) is 0. The maximum absolute atomic E-state index is 4.47. The summed E-state index contributed by atoms with van der Waals surface area (Å²) in [6.07, 6.45) is 3.89. The Morgan fingerprint density at radius 2 is 2.06 bits per heavy atom. The van der Waals surface area contributed by atoms with E-state index >= 15 is 0 Å². The molecule has 0 spiro atoms. The monoisotopic (exact) mass is 338 g/mol. The summed E-state index contributed by atoms with van der Waals surface area (Å²) in [4.78, 5) is 4.36. The molecule has 0 saturated heterocycles. The van der Waals surface area contributed by atoms with Crippen molar-refractivity contribution in [1.29, 1.82) is 0 Å². The number of imidazole rings is 1. The lowest BCUT2D eigenvalue weighted by atomic mass is 10.3. The standard InChI is InChI=1S/C12H11IN4/c1-8-5-9(2)17(15-8)10-3-4-16-11(13)7-14-12(16)6-10/h3-7H,1-2H3. The Labute approximate surface area is 112 Å². The van der Waals surface area contributed by atoms with Crippen molar-refractivity contribution in [1.82, 2.24) is 19.2 Å². The highest BCUT2D eigenvalue weighted by Gasteiger charge is 2.06. The molecule has 4 nitrogen and oxygen atoms in total. The second-order valence-electron chi connectivity index (χ2n) is 4.03. The first-order chi connectivity index (χ1) is 8.15. The van der Waals surface area contributed by atoms with Crippen LogP contribution in [0, 0.1) is 17.5 Å². The third-order valence-electron chi connectivity index (χ3n) is 2.71. The fraction of sp³-hybridized carbons (Fsp3) is 0.167. The van der Waals surface area contributed by atoms with Crippen LogP contribution in [0.25, 0.3) is 11.3 Å². The number of hydrogen-bond donors (Lipinski definition) is 0. The van der Waals surface area contributed by atoms with Gasteiger partial charge in [-0.05, 0) is 48.6 Å². The van der Waals surface area contributed by atoms with Gasteiger partial charge in [0, 0.05) is 18.0 Å². The van der Waals surface area contributed by atoms with Crippen LogP contribution >= 0.6 is 22.6 Å². The van der Waals surface area contributed by atoms with Crippen molar-refractivity contribution >= 4 is 28.2 Å². The second-order valence-corrected chi connectivity index (χ2v) is 5.14. The fourth-order valence-corrected chi connectivity index (χ4v) is 2.51. The minimum absolute atomic E-state index is 0.944. The van der Waals surface area contributed by atoms with Gasteiger partial charge >= 0.3 is 0 Å². The quantitative estimate of drug-likeness (QED) is 0.640. The van der Waals surface area contributed by atoms with E-state index in [-0.39, 0.29) is 0 Å². The maximum Gasteiger partial charge on any atom is 0.139 e. The lowest BCUT2D eigenvalue weighted by Gasteiger charge is -2.04. The molecule has 0 amide bonds. The number of rotatable bonds is 1. The average Bonchev–Trinajstić information content (AvgIpc) is 2.82. The molecular weight excluding hydrogens is 327 g/mol. The molecule has 17 heavy (non-hydrogen) atoms. The van der Waals surface area contributed by atoms with E-state index in [0.29, 0.717) is 0 Å². The summed E-state index contributed by atoms with van der Waals surface area (Å²) in [7, 11) is 0. The van der Waals surface area contributed by atoms with Crippen molar-refractivity contribution in [3.63, 3.8) is 0 Å². The Bertz CT molecular complexity index is 696. The molecule has 0 N–H and O–H groups in total. The van der Waals surface area contributed by atoms with E-state index in [1.165, 1.54) is 0 Å². The van der Waals surface area contributed by atoms with E-state index in [1.807, 2.05) is 30.1 Å². The molecule has 0 saturated carbocycles. The highest BCUT2D eigenvalue weighted by Crippen LogP contribution is 2.16.